The van der Waals surface area contributed by atoms with Crippen LogP contribution in [0.5, 0.6) is 0 Å². The van der Waals surface area contributed by atoms with Crippen LogP contribution < -0.4 is 11.1 Å². The molecule has 6 nitrogen and oxygen atoms in total. The number of nitrogens with zero attached hydrogens (tertiary/aromatic N) is 4. The third kappa shape index (κ3) is 5.23. The Labute approximate surface area is 196 Å². The number of rotatable bonds is 6. The lowest BCUT2D eigenvalue weighted by Gasteiger charge is -2.27. The molecule has 1 aliphatic carbocycles. The number of halogens is 1. The van der Waals surface area contributed by atoms with E-state index in [4.69, 9.17) is 32.3 Å². The summed E-state index contributed by atoms with van der Waals surface area (Å²) in [6.07, 6.45) is 5.57. The zero-order valence-corrected chi connectivity index (χ0v) is 19.2. The second-order valence-corrected chi connectivity index (χ2v) is 9.78. The average Bonchev–Trinajstić information content (AvgIpc) is 3.17. The van der Waals surface area contributed by atoms with Crippen molar-refractivity contribution in [2.24, 2.45) is 5.73 Å². The largest absolute Gasteiger partial charge is 0.351 e. The Morgan fingerprint density at radius 2 is 1.66 bits per heavy atom. The molecule has 3 aromatic heterocycles. The van der Waals surface area contributed by atoms with Crippen molar-refractivity contribution in [2.45, 2.75) is 50.6 Å². The number of nitrogens with one attached hydrogen (secondary N) is 1. The van der Waals surface area contributed by atoms with Crippen LogP contribution in [-0.4, -0.2) is 32.0 Å². The molecule has 0 aliphatic heterocycles. The van der Waals surface area contributed by atoms with Crippen LogP contribution in [-0.2, 0) is 12.8 Å². The number of hydrogen-bond acceptors (Lipinski definition) is 7. The van der Waals surface area contributed by atoms with Crippen molar-refractivity contribution in [1.29, 1.82) is 0 Å². The molecule has 0 radical (unpaired) electrons. The lowest BCUT2D eigenvalue weighted by Crippen LogP contribution is -2.33. The predicted molar refractivity (Wildman–Crippen MR) is 130 cm³/mol. The van der Waals surface area contributed by atoms with Crippen LogP contribution in [0.15, 0.2) is 48.5 Å². The average molecular weight is 465 g/mol. The molecule has 1 aromatic carbocycles. The molecule has 1 fully saturated rings. The van der Waals surface area contributed by atoms with Crippen LogP contribution in [0.25, 0.3) is 10.3 Å². The van der Waals surface area contributed by atoms with Gasteiger partial charge >= 0.3 is 0 Å². The van der Waals surface area contributed by atoms with E-state index in [9.17, 15) is 0 Å². The van der Waals surface area contributed by atoms with Crippen LogP contribution in [0.2, 0.25) is 5.15 Å². The van der Waals surface area contributed by atoms with E-state index in [0.717, 1.165) is 58.8 Å². The van der Waals surface area contributed by atoms with Crippen LogP contribution in [0, 0.1) is 0 Å². The van der Waals surface area contributed by atoms with Gasteiger partial charge in [-0.05, 0) is 49.4 Å². The molecule has 5 rings (SSSR count). The van der Waals surface area contributed by atoms with E-state index in [-0.39, 0.29) is 0 Å². The van der Waals surface area contributed by atoms with Gasteiger partial charge in [0.05, 0.1) is 11.4 Å². The zero-order chi connectivity index (χ0) is 21.9. The van der Waals surface area contributed by atoms with Gasteiger partial charge in [-0.2, -0.15) is 0 Å². The third-order valence-electron chi connectivity index (χ3n) is 5.76. The molecular weight excluding hydrogens is 440 g/mol. The van der Waals surface area contributed by atoms with Crippen LogP contribution in [0.1, 0.15) is 47.6 Å². The van der Waals surface area contributed by atoms with E-state index in [0.29, 0.717) is 29.6 Å². The predicted octanol–water partition coefficient (Wildman–Crippen LogP) is 5.00. The number of pyridine rings is 1. The molecule has 0 atom stereocenters. The van der Waals surface area contributed by atoms with Gasteiger partial charge in [-0.3, -0.25) is 0 Å². The first-order valence-electron chi connectivity index (χ1n) is 11.0. The van der Waals surface area contributed by atoms with E-state index in [2.05, 4.69) is 40.6 Å². The zero-order valence-electron chi connectivity index (χ0n) is 17.7. The molecule has 1 saturated carbocycles. The maximum absolute atomic E-state index is 6.07. The minimum absolute atomic E-state index is 0.315. The fourth-order valence-corrected chi connectivity index (χ4v) is 5.27. The van der Waals surface area contributed by atoms with E-state index in [1.54, 1.807) is 17.4 Å². The molecule has 8 heteroatoms. The van der Waals surface area contributed by atoms with Crippen LogP contribution >= 0.6 is 22.9 Å². The molecule has 0 spiro atoms. The summed E-state index contributed by atoms with van der Waals surface area (Å²) in [7, 11) is 0. The smallest absolute Gasteiger partial charge is 0.223 e. The third-order valence-corrected chi connectivity index (χ3v) is 6.94. The topological polar surface area (TPSA) is 89.6 Å². The molecule has 0 bridgehead atoms. The summed E-state index contributed by atoms with van der Waals surface area (Å²) in [4.78, 5) is 19.6. The van der Waals surface area contributed by atoms with Gasteiger partial charge in [0.1, 0.15) is 20.5 Å². The minimum Gasteiger partial charge on any atom is -0.351 e. The Hall–Kier alpha value is -2.61. The van der Waals surface area contributed by atoms with Gasteiger partial charge < -0.3 is 11.1 Å². The summed E-state index contributed by atoms with van der Waals surface area (Å²) < 4.78 is 0. The second-order valence-electron chi connectivity index (χ2n) is 8.34. The molecular formula is C24H25ClN6S. The molecule has 32 heavy (non-hydrogen) atoms. The second kappa shape index (κ2) is 9.48. The first-order chi connectivity index (χ1) is 15.6. The monoisotopic (exact) mass is 464 g/mol. The summed E-state index contributed by atoms with van der Waals surface area (Å²) in [5.74, 6) is 0.691. The highest BCUT2D eigenvalue weighted by Gasteiger charge is 2.20. The molecule has 4 aromatic rings. The maximum Gasteiger partial charge on any atom is 0.223 e. The summed E-state index contributed by atoms with van der Waals surface area (Å²) in [6.45, 7) is 0. The standard InChI is InChI=1S/C24H25ClN6S/c25-21-11-10-20-23(31-21)32-22(30-20)14-19-13-18(12-15-4-2-1-3-5-15)28-24(29-19)27-17-8-6-16(26)7-9-17/h1-5,10-11,13,16-17H,6-9,12,14,26H2,(H,27,28,29). The lowest BCUT2D eigenvalue weighted by atomic mass is 9.92. The van der Waals surface area contributed by atoms with Gasteiger partial charge in [0.25, 0.3) is 0 Å². The molecule has 0 unspecified atom stereocenters. The Balaban J connectivity index is 1.42. The molecule has 0 amide bonds. The number of hydrogen-bond donors (Lipinski definition) is 2. The van der Waals surface area contributed by atoms with Gasteiger partial charge in [0.15, 0.2) is 0 Å². The minimum atomic E-state index is 0.315. The Morgan fingerprint density at radius 1 is 0.906 bits per heavy atom. The van der Waals surface area contributed by atoms with Gasteiger partial charge in [0.2, 0.25) is 5.95 Å². The molecule has 164 valence electrons. The van der Waals surface area contributed by atoms with Crippen molar-refractivity contribution in [3.8, 4) is 0 Å². The SMILES string of the molecule is NC1CCC(Nc2nc(Cc3ccccc3)cc(Cc3nc4ccc(Cl)nc4s3)n2)CC1. The van der Waals surface area contributed by atoms with Gasteiger partial charge in [-0.1, -0.05) is 53.3 Å². The Bertz CT molecular complexity index is 1200. The van der Waals surface area contributed by atoms with E-state index >= 15 is 0 Å². The van der Waals surface area contributed by atoms with Crippen LogP contribution in [0.3, 0.4) is 0 Å². The quantitative estimate of drug-likeness (QED) is 0.390. The highest BCUT2D eigenvalue weighted by atomic mass is 35.5. The van der Waals surface area contributed by atoms with Gasteiger partial charge in [-0.25, -0.2) is 19.9 Å². The number of aromatic nitrogens is 4. The molecule has 3 heterocycles. The highest BCUT2D eigenvalue weighted by molar-refractivity contribution is 7.18. The summed E-state index contributed by atoms with van der Waals surface area (Å²) in [5.41, 5.74) is 10.1. The maximum atomic E-state index is 6.07. The van der Waals surface area contributed by atoms with E-state index < -0.39 is 0 Å². The molecule has 0 saturated heterocycles. The highest BCUT2D eigenvalue weighted by Crippen LogP contribution is 2.25. The summed E-state index contributed by atoms with van der Waals surface area (Å²) in [5, 5.41) is 5.01. The lowest BCUT2D eigenvalue weighted by molar-refractivity contribution is 0.409. The Morgan fingerprint density at radius 3 is 2.44 bits per heavy atom. The van der Waals surface area contributed by atoms with Gasteiger partial charge in [-0.15, -0.1) is 0 Å². The van der Waals surface area contributed by atoms with Gasteiger partial charge in [0, 0.05) is 24.9 Å². The number of nitrogens with two attached hydrogens (primary N) is 1. The van der Waals surface area contributed by atoms with Crippen LogP contribution in [0.4, 0.5) is 5.95 Å². The van der Waals surface area contributed by atoms with Crippen molar-refractivity contribution in [3.63, 3.8) is 0 Å². The normalized spacial score (nSPS) is 18.7. The van der Waals surface area contributed by atoms with Crippen molar-refractivity contribution in [3.05, 3.63) is 75.6 Å². The van der Waals surface area contributed by atoms with E-state index in [1.165, 1.54) is 5.56 Å². The first-order valence-corrected chi connectivity index (χ1v) is 12.1. The fourth-order valence-electron chi connectivity index (χ4n) is 4.12. The number of fused-ring (bicyclic) bond motifs is 1. The van der Waals surface area contributed by atoms with Crippen molar-refractivity contribution in [1.82, 2.24) is 19.9 Å². The number of anilines is 1. The fraction of sp³-hybridized carbons (Fsp3) is 0.333. The summed E-state index contributed by atoms with van der Waals surface area (Å²) >= 11 is 7.60. The molecule has 1 aliphatic rings. The molecule has 3 N–H and O–H groups in total. The number of thiazole rings is 1. The number of benzene rings is 1. The first kappa shape index (κ1) is 21.2. The van der Waals surface area contributed by atoms with E-state index in [1.807, 2.05) is 12.1 Å². The van der Waals surface area contributed by atoms with Crippen molar-refractivity contribution in [2.75, 3.05) is 5.32 Å². The van der Waals surface area contributed by atoms with Crippen molar-refractivity contribution >= 4 is 39.2 Å². The van der Waals surface area contributed by atoms with Crippen molar-refractivity contribution < 1.29 is 0 Å². The summed E-state index contributed by atoms with van der Waals surface area (Å²) in [6, 6.07) is 16.8. The Kier molecular flexibility index (Phi) is 6.30.